The van der Waals surface area contributed by atoms with Gasteiger partial charge in [-0.25, -0.2) is 0 Å². The summed E-state index contributed by atoms with van der Waals surface area (Å²) in [6.07, 6.45) is 8.52. The van der Waals surface area contributed by atoms with Crippen molar-refractivity contribution in [2.75, 3.05) is 7.11 Å². The number of hydrogen-bond acceptors (Lipinski definition) is 6. The summed E-state index contributed by atoms with van der Waals surface area (Å²) in [7, 11) is 1.64. The summed E-state index contributed by atoms with van der Waals surface area (Å²) >= 11 is 0. The molecule has 0 radical (unpaired) electrons. The SMILES string of the molecule is CO/N=C1\C[C@@H]2[C@H](CC[C@]3(C)[C@@H]([C@@H](C)OC(C)=O)CC[C@@H]23)[C@@]2(C)CC[C@H](OC(C)=O)C[C@H]12. The van der Waals surface area contributed by atoms with Crippen molar-refractivity contribution in [3.05, 3.63) is 0 Å². The van der Waals surface area contributed by atoms with E-state index < -0.39 is 0 Å². The van der Waals surface area contributed by atoms with E-state index in [4.69, 9.17) is 14.3 Å². The van der Waals surface area contributed by atoms with Crippen molar-refractivity contribution >= 4 is 17.7 Å². The van der Waals surface area contributed by atoms with Gasteiger partial charge in [-0.3, -0.25) is 9.59 Å². The third kappa shape index (κ3) is 3.86. The van der Waals surface area contributed by atoms with Crippen molar-refractivity contribution in [3.63, 3.8) is 0 Å². The lowest BCUT2D eigenvalue weighted by molar-refractivity contribution is -0.157. The Kier molecular flexibility index (Phi) is 6.36. The van der Waals surface area contributed by atoms with Crippen molar-refractivity contribution in [2.24, 2.45) is 45.6 Å². The number of oxime groups is 1. The first kappa shape index (κ1) is 23.6. The molecule has 6 nitrogen and oxygen atoms in total. The first-order valence-electron chi connectivity index (χ1n) is 12.5. The van der Waals surface area contributed by atoms with E-state index in [0.29, 0.717) is 29.6 Å². The molecule has 6 heteroatoms. The quantitative estimate of drug-likeness (QED) is 0.441. The Balaban J connectivity index is 1.61. The van der Waals surface area contributed by atoms with Crippen LogP contribution in [0.4, 0.5) is 0 Å². The lowest BCUT2D eigenvalue weighted by Gasteiger charge is -2.61. The van der Waals surface area contributed by atoms with E-state index in [-0.39, 0.29) is 35.0 Å². The smallest absolute Gasteiger partial charge is 0.302 e. The van der Waals surface area contributed by atoms with E-state index in [0.717, 1.165) is 37.8 Å². The summed E-state index contributed by atoms with van der Waals surface area (Å²) in [6, 6.07) is 0. The van der Waals surface area contributed by atoms with Crippen LogP contribution in [0, 0.1) is 40.4 Å². The van der Waals surface area contributed by atoms with Gasteiger partial charge in [-0.1, -0.05) is 19.0 Å². The van der Waals surface area contributed by atoms with Gasteiger partial charge in [0.1, 0.15) is 19.3 Å². The third-order valence-corrected chi connectivity index (χ3v) is 9.96. The molecule has 0 spiro atoms. The Hall–Kier alpha value is -1.59. The van der Waals surface area contributed by atoms with E-state index in [9.17, 15) is 9.59 Å². The van der Waals surface area contributed by atoms with Crippen LogP contribution in [0.1, 0.15) is 86.0 Å². The molecule has 4 fully saturated rings. The maximum Gasteiger partial charge on any atom is 0.302 e. The molecule has 4 saturated carbocycles. The van der Waals surface area contributed by atoms with Crippen LogP contribution in [0.3, 0.4) is 0 Å². The van der Waals surface area contributed by atoms with Crippen LogP contribution >= 0.6 is 0 Å². The molecule has 180 valence electrons. The average Bonchev–Trinajstić information content (AvgIpc) is 3.05. The second kappa shape index (κ2) is 8.64. The summed E-state index contributed by atoms with van der Waals surface area (Å²) in [5.74, 6) is 2.23. The Morgan fingerprint density at radius 1 is 1.00 bits per heavy atom. The van der Waals surface area contributed by atoms with E-state index >= 15 is 0 Å². The van der Waals surface area contributed by atoms with Gasteiger partial charge in [0.05, 0.1) is 5.71 Å². The molecule has 0 aromatic heterocycles. The van der Waals surface area contributed by atoms with Crippen LogP contribution in [0.25, 0.3) is 0 Å². The van der Waals surface area contributed by atoms with Gasteiger partial charge in [-0.15, -0.1) is 0 Å². The van der Waals surface area contributed by atoms with Gasteiger partial charge in [0.25, 0.3) is 0 Å². The fourth-order valence-corrected chi connectivity index (χ4v) is 8.75. The maximum absolute atomic E-state index is 11.6. The van der Waals surface area contributed by atoms with Crippen molar-refractivity contribution < 1.29 is 23.9 Å². The van der Waals surface area contributed by atoms with Crippen LogP contribution in [0.5, 0.6) is 0 Å². The molecular formula is C26H41NO5. The van der Waals surface area contributed by atoms with Gasteiger partial charge in [-0.2, -0.15) is 0 Å². The Bertz CT molecular complexity index is 780. The summed E-state index contributed by atoms with van der Waals surface area (Å²) in [5.41, 5.74) is 1.53. The lowest BCUT2D eigenvalue weighted by atomic mass is 9.44. The normalized spacial score (nSPS) is 45.2. The van der Waals surface area contributed by atoms with Gasteiger partial charge in [-0.05, 0) is 86.9 Å². The van der Waals surface area contributed by atoms with Crippen LogP contribution in [-0.2, 0) is 23.9 Å². The van der Waals surface area contributed by atoms with Crippen molar-refractivity contribution in [1.29, 1.82) is 0 Å². The molecule has 0 N–H and O–H groups in total. The Morgan fingerprint density at radius 3 is 2.34 bits per heavy atom. The van der Waals surface area contributed by atoms with Crippen molar-refractivity contribution in [2.45, 2.75) is 98.2 Å². The summed E-state index contributed by atoms with van der Waals surface area (Å²) in [5, 5.41) is 4.56. The molecule has 0 saturated heterocycles. The standard InChI is InChI=1S/C26H41NO5/c1-15(31-16(2)28)20-7-8-21-19-14-24(27-30-6)23-13-18(32-17(3)29)9-11-26(23,5)22(19)10-12-25(20,21)4/h15,18-23H,7-14H2,1-6H3/b27-24+/t15-,18+,19+,20-,21+,22+,23-,25-,26-/m1/s1. The second-order valence-electron chi connectivity index (χ2n) is 11.5. The zero-order valence-corrected chi connectivity index (χ0v) is 20.7. The molecule has 32 heavy (non-hydrogen) atoms. The predicted molar refractivity (Wildman–Crippen MR) is 122 cm³/mol. The first-order valence-corrected chi connectivity index (χ1v) is 12.5. The van der Waals surface area contributed by atoms with Crippen molar-refractivity contribution in [1.82, 2.24) is 0 Å². The van der Waals surface area contributed by atoms with E-state index in [1.165, 1.54) is 33.1 Å². The van der Waals surface area contributed by atoms with Crippen LogP contribution in [0.2, 0.25) is 0 Å². The molecule has 0 aliphatic heterocycles. The number of nitrogens with zero attached hydrogens (tertiary/aromatic N) is 1. The lowest BCUT2D eigenvalue weighted by Crippen LogP contribution is -2.57. The first-order chi connectivity index (χ1) is 15.1. The number of carbonyl (C=O) groups excluding carboxylic acids is 2. The summed E-state index contributed by atoms with van der Waals surface area (Å²) < 4.78 is 11.3. The fraction of sp³-hybridized carbons (Fsp3) is 0.885. The van der Waals surface area contributed by atoms with E-state index in [1.807, 2.05) is 0 Å². The highest BCUT2D eigenvalue weighted by atomic mass is 16.6. The minimum Gasteiger partial charge on any atom is -0.463 e. The maximum atomic E-state index is 11.6. The molecule has 0 aromatic rings. The molecular weight excluding hydrogens is 406 g/mol. The van der Waals surface area contributed by atoms with Crippen LogP contribution in [0.15, 0.2) is 5.16 Å². The summed E-state index contributed by atoms with van der Waals surface area (Å²) in [6.45, 7) is 10.0. The number of ether oxygens (including phenoxy) is 2. The molecule has 0 bridgehead atoms. The molecule has 0 aromatic carbocycles. The molecule has 0 amide bonds. The number of rotatable bonds is 4. The van der Waals surface area contributed by atoms with Crippen molar-refractivity contribution in [3.8, 4) is 0 Å². The topological polar surface area (TPSA) is 74.2 Å². The Labute approximate surface area is 192 Å². The minimum atomic E-state index is -0.190. The molecule has 9 atom stereocenters. The highest BCUT2D eigenvalue weighted by molar-refractivity contribution is 5.88. The minimum absolute atomic E-state index is 0.0153. The van der Waals surface area contributed by atoms with Gasteiger partial charge < -0.3 is 14.3 Å². The van der Waals surface area contributed by atoms with E-state index in [1.54, 1.807) is 7.11 Å². The summed E-state index contributed by atoms with van der Waals surface area (Å²) in [4.78, 5) is 28.6. The number of esters is 2. The second-order valence-corrected chi connectivity index (χ2v) is 11.5. The Morgan fingerprint density at radius 2 is 1.69 bits per heavy atom. The van der Waals surface area contributed by atoms with Gasteiger partial charge in [0.15, 0.2) is 0 Å². The van der Waals surface area contributed by atoms with Gasteiger partial charge in [0, 0.05) is 25.7 Å². The molecule has 4 rings (SSSR count). The number of carbonyl (C=O) groups is 2. The number of fused-ring (bicyclic) bond motifs is 5. The van der Waals surface area contributed by atoms with Gasteiger partial charge in [0.2, 0.25) is 0 Å². The zero-order valence-electron chi connectivity index (χ0n) is 20.7. The average molecular weight is 448 g/mol. The van der Waals surface area contributed by atoms with E-state index in [2.05, 4.69) is 25.9 Å². The largest absolute Gasteiger partial charge is 0.463 e. The zero-order chi connectivity index (χ0) is 23.3. The third-order valence-electron chi connectivity index (χ3n) is 9.96. The highest BCUT2D eigenvalue weighted by Crippen LogP contribution is 2.67. The number of hydrogen-bond donors (Lipinski definition) is 0. The molecule has 4 aliphatic carbocycles. The van der Waals surface area contributed by atoms with Crippen LogP contribution in [-0.4, -0.2) is 37.0 Å². The molecule has 4 aliphatic rings. The fourth-order valence-electron chi connectivity index (χ4n) is 8.75. The molecule has 0 heterocycles. The predicted octanol–water partition coefficient (Wildman–Crippen LogP) is 5.14. The molecule has 0 unspecified atom stereocenters. The monoisotopic (exact) mass is 447 g/mol. The highest BCUT2D eigenvalue weighted by Gasteiger charge is 2.62. The van der Waals surface area contributed by atoms with Crippen LogP contribution < -0.4 is 0 Å². The van der Waals surface area contributed by atoms with Gasteiger partial charge >= 0.3 is 11.9 Å².